The number of rotatable bonds is 8. The molecule has 2 heterocycles. The molecular weight excluding hydrogens is 487 g/mol. The quantitative estimate of drug-likeness (QED) is 0.459. The molecular formula is C29H39FN4O4. The Balaban J connectivity index is 1.61. The van der Waals surface area contributed by atoms with Crippen molar-refractivity contribution in [2.24, 2.45) is 11.7 Å². The summed E-state index contributed by atoms with van der Waals surface area (Å²) >= 11 is 0. The Morgan fingerprint density at radius 3 is 2.61 bits per heavy atom. The van der Waals surface area contributed by atoms with Crippen LogP contribution in [0.5, 0.6) is 0 Å². The minimum atomic E-state index is -1.24. The van der Waals surface area contributed by atoms with Gasteiger partial charge in [-0.05, 0) is 75.8 Å². The number of carbonyl (C=O) groups excluding carboxylic acids is 2. The van der Waals surface area contributed by atoms with E-state index < -0.39 is 40.6 Å². The number of hydrogen-bond donors (Lipinski definition) is 3. The number of aromatic nitrogens is 1. The first-order chi connectivity index (χ1) is 17.8. The number of halogens is 1. The molecule has 4 N–H and O–H groups in total. The van der Waals surface area contributed by atoms with Crippen LogP contribution in [0.3, 0.4) is 0 Å². The van der Waals surface area contributed by atoms with Crippen molar-refractivity contribution in [1.82, 2.24) is 9.88 Å². The van der Waals surface area contributed by atoms with Gasteiger partial charge in [0.1, 0.15) is 17.5 Å². The van der Waals surface area contributed by atoms with Gasteiger partial charge in [0.05, 0.1) is 29.1 Å². The number of ether oxygens (including phenoxy) is 1. The number of nitrogens with one attached hydrogen (secondary N) is 1. The minimum absolute atomic E-state index is 0.0199. The van der Waals surface area contributed by atoms with Gasteiger partial charge in [-0.15, -0.1) is 0 Å². The smallest absolute Gasteiger partial charge is 0.411 e. The van der Waals surface area contributed by atoms with Crippen LogP contribution >= 0.6 is 0 Å². The summed E-state index contributed by atoms with van der Waals surface area (Å²) in [5, 5.41) is 13.6. The maximum atomic E-state index is 15.0. The lowest BCUT2D eigenvalue weighted by atomic mass is 9.82. The molecule has 1 aliphatic carbocycles. The van der Waals surface area contributed by atoms with E-state index in [0.29, 0.717) is 30.0 Å². The Labute approximate surface area is 223 Å². The van der Waals surface area contributed by atoms with Crippen LogP contribution in [0, 0.1) is 11.7 Å². The van der Waals surface area contributed by atoms with Gasteiger partial charge in [-0.1, -0.05) is 31.9 Å². The zero-order chi connectivity index (χ0) is 27.7. The molecule has 2 aliphatic rings. The number of nitrogens with two attached hydrogens (primary N) is 1. The van der Waals surface area contributed by atoms with E-state index in [0.717, 1.165) is 6.42 Å². The third-order valence-corrected chi connectivity index (χ3v) is 7.51. The van der Waals surface area contributed by atoms with Crippen molar-refractivity contribution < 1.29 is 23.8 Å². The monoisotopic (exact) mass is 526 g/mol. The number of pyridine rings is 1. The first-order valence-electron chi connectivity index (χ1n) is 13.4. The van der Waals surface area contributed by atoms with E-state index >= 15 is 4.39 Å². The fourth-order valence-corrected chi connectivity index (χ4v) is 4.96. The molecule has 38 heavy (non-hydrogen) atoms. The SMILES string of the molecule is CCC1(O)C[C@H](C(=O)Nc2cc(C(N)(CCC3CC3)c3ccccn3)ccc2F)N(C(=O)OC(C)(C)C)C1. The second-order valence-corrected chi connectivity index (χ2v) is 11.8. The predicted octanol–water partition coefficient (Wildman–Crippen LogP) is 4.70. The molecule has 2 fully saturated rings. The summed E-state index contributed by atoms with van der Waals surface area (Å²) in [5.74, 6) is -0.588. The first kappa shape index (κ1) is 28.0. The van der Waals surface area contributed by atoms with Gasteiger partial charge < -0.3 is 20.9 Å². The van der Waals surface area contributed by atoms with Crippen molar-refractivity contribution in [2.75, 3.05) is 11.9 Å². The van der Waals surface area contributed by atoms with Gasteiger partial charge in [-0.2, -0.15) is 0 Å². The molecule has 8 nitrogen and oxygen atoms in total. The van der Waals surface area contributed by atoms with Gasteiger partial charge in [0.15, 0.2) is 0 Å². The van der Waals surface area contributed by atoms with Gasteiger partial charge in [0.2, 0.25) is 5.91 Å². The van der Waals surface area contributed by atoms with E-state index in [2.05, 4.69) is 10.3 Å². The summed E-state index contributed by atoms with van der Waals surface area (Å²) < 4.78 is 20.5. The Bertz CT molecular complexity index is 1170. The van der Waals surface area contributed by atoms with E-state index in [1.165, 1.54) is 23.8 Å². The van der Waals surface area contributed by atoms with Crippen molar-refractivity contribution in [3.05, 3.63) is 59.7 Å². The summed E-state index contributed by atoms with van der Waals surface area (Å²) in [5.41, 5.74) is 5.24. The van der Waals surface area contributed by atoms with Crippen molar-refractivity contribution in [2.45, 2.75) is 89.0 Å². The molecule has 3 atom stereocenters. The summed E-state index contributed by atoms with van der Waals surface area (Å²) in [4.78, 5) is 32.0. The van der Waals surface area contributed by atoms with Crippen LogP contribution in [0.4, 0.5) is 14.9 Å². The molecule has 1 aromatic heterocycles. The highest BCUT2D eigenvalue weighted by atomic mass is 19.1. The third-order valence-electron chi connectivity index (χ3n) is 7.51. The average Bonchev–Trinajstić information content (AvgIpc) is 3.63. The minimum Gasteiger partial charge on any atom is -0.444 e. The molecule has 9 heteroatoms. The normalized spacial score (nSPS) is 23.1. The number of likely N-dealkylation sites (tertiary alicyclic amines) is 1. The van der Waals surface area contributed by atoms with E-state index in [1.54, 1.807) is 46.0 Å². The predicted molar refractivity (Wildman–Crippen MR) is 143 cm³/mol. The van der Waals surface area contributed by atoms with Crippen LogP contribution in [0.1, 0.15) is 77.5 Å². The second-order valence-electron chi connectivity index (χ2n) is 11.8. The zero-order valence-electron chi connectivity index (χ0n) is 22.7. The van der Waals surface area contributed by atoms with E-state index in [4.69, 9.17) is 10.5 Å². The van der Waals surface area contributed by atoms with Crippen LogP contribution in [-0.4, -0.2) is 50.8 Å². The van der Waals surface area contributed by atoms with Crippen LogP contribution in [-0.2, 0) is 15.1 Å². The number of β-amino-alcohol motifs (C(OH)–C–C–N with tert-alkyl or cyclic N) is 1. The highest BCUT2D eigenvalue weighted by Gasteiger charge is 2.48. The lowest BCUT2D eigenvalue weighted by Crippen LogP contribution is -2.46. The largest absolute Gasteiger partial charge is 0.444 e. The topological polar surface area (TPSA) is 118 Å². The molecule has 206 valence electrons. The Morgan fingerprint density at radius 2 is 2.00 bits per heavy atom. The van der Waals surface area contributed by atoms with Crippen LogP contribution in [0.25, 0.3) is 0 Å². The van der Waals surface area contributed by atoms with Crippen molar-refractivity contribution in [1.29, 1.82) is 0 Å². The number of benzene rings is 1. The molecule has 1 saturated carbocycles. The Kier molecular flexibility index (Phi) is 7.81. The molecule has 2 amide bonds. The standard InChI is InChI=1S/C29H39FN4O4/c1-5-28(37)17-23(34(18-28)26(36)38-27(2,3)4)25(35)33-22-16-20(11-12-21(22)30)29(31,14-13-19-9-10-19)24-8-6-7-15-32-24/h6-8,11-12,15-16,19,23,37H,5,9-10,13-14,17-18,31H2,1-4H3,(H,33,35)/t23-,28?,29?/m1/s1. The molecule has 1 saturated heterocycles. The van der Waals surface area contributed by atoms with Crippen LogP contribution in [0.15, 0.2) is 42.6 Å². The maximum absolute atomic E-state index is 15.0. The number of carbonyl (C=O) groups is 2. The van der Waals surface area contributed by atoms with E-state index in [-0.39, 0.29) is 18.7 Å². The highest BCUT2D eigenvalue weighted by Crippen LogP contribution is 2.40. The number of hydrogen-bond acceptors (Lipinski definition) is 6. The zero-order valence-corrected chi connectivity index (χ0v) is 22.7. The Morgan fingerprint density at radius 1 is 1.26 bits per heavy atom. The molecule has 0 bridgehead atoms. The number of amides is 2. The maximum Gasteiger partial charge on any atom is 0.411 e. The molecule has 4 rings (SSSR count). The van der Waals surface area contributed by atoms with Gasteiger partial charge in [0.25, 0.3) is 0 Å². The first-order valence-corrected chi connectivity index (χ1v) is 13.4. The van der Waals surface area contributed by atoms with Crippen molar-refractivity contribution in [3.8, 4) is 0 Å². The fraction of sp³-hybridized carbons (Fsp3) is 0.552. The summed E-state index contributed by atoms with van der Waals surface area (Å²) in [6, 6.07) is 8.99. The Hall–Kier alpha value is -3.04. The van der Waals surface area contributed by atoms with Crippen molar-refractivity contribution >= 4 is 17.7 Å². The lowest BCUT2D eigenvalue weighted by Gasteiger charge is -2.31. The third kappa shape index (κ3) is 6.32. The number of nitrogens with zero attached hydrogens (tertiary/aromatic N) is 2. The van der Waals surface area contributed by atoms with E-state index in [1.807, 2.05) is 18.2 Å². The van der Waals surface area contributed by atoms with Gasteiger partial charge in [0, 0.05) is 12.6 Å². The number of anilines is 1. The van der Waals surface area contributed by atoms with Crippen molar-refractivity contribution in [3.63, 3.8) is 0 Å². The molecule has 2 aromatic rings. The highest BCUT2D eigenvalue weighted by molar-refractivity contribution is 5.97. The summed E-state index contributed by atoms with van der Waals surface area (Å²) in [7, 11) is 0. The van der Waals surface area contributed by atoms with Crippen LogP contribution < -0.4 is 11.1 Å². The molecule has 1 aromatic carbocycles. The molecule has 0 spiro atoms. The van der Waals surface area contributed by atoms with E-state index in [9.17, 15) is 14.7 Å². The summed E-state index contributed by atoms with van der Waals surface area (Å²) in [6.45, 7) is 6.93. The average molecular weight is 527 g/mol. The number of aliphatic hydroxyl groups is 1. The lowest BCUT2D eigenvalue weighted by molar-refractivity contribution is -0.120. The fourth-order valence-electron chi connectivity index (χ4n) is 4.96. The van der Waals surface area contributed by atoms with Crippen LogP contribution in [0.2, 0.25) is 0 Å². The van der Waals surface area contributed by atoms with Gasteiger partial charge in [-0.3, -0.25) is 14.7 Å². The second kappa shape index (κ2) is 10.6. The summed E-state index contributed by atoms with van der Waals surface area (Å²) in [6.07, 6.45) is 5.27. The molecule has 2 unspecified atom stereocenters. The molecule has 0 radical (unpaired) electrons. The van der Waals surface area contributed by atoms with Gasteiger partial charge >= 0.3 is 6.09 Å². The van der Waals surface area contributed by atoms with Gasteiger partial charge in [-0.25, -0.2) is 9.18 Å². The molecule has 1 aliphatic heterocycles.